The van der Waals surface area contributed by atoms with Crippen LogP contribution in [0, 0.1) is 0 Å². The average molecular weight is 324 g/mol. The van der Waals surface area contributed by atoms with Gasteiger partial charge < -0.3 is 14.2 Å². The molecule has 2 aromatic rings. The summed E-state index contributed by atoms with van der Waals surface area (Å²) >= 11 is 0. The third-order valence-electron chi connectivity index (χ3n) is 3.86. The first-order chi connectivity index (χ1) is 11.7. The fourth-order valence-electron chi connectivity index (χ4n) is 2.56. The van der Waals surface area contributed by atoms with Crippen molar-refractivity contribution in [2.24, 2.45) is 0 Å². The Morgan fingerprint density at radius 1 is 1.08 bits per heavy atom. The van der Waals surface area contributed by atoms with Crippen LogP contribution >= 0.6 is 0 Å². The molecule has 0 aromatic heterocycles. The summed E-state index contributed by atoms with van der Waals surface area (Å²) in [5.74, 6) is 1.26. The Morgan fingerprint density at radius 2 is 1.92 bits per heavy atom. The van der Waals surface area contributed by atoms with E-state index in [2.05, 4.69) is 0 Å². The number of carbonyl (C=O) groups excluding carboxylic acids is 1. The lowest BCUT2D eigenvalue weighted by Crippen LogP contribution is -2.14. The van der Waals surface area contributed by atoms with Crippen molar-refractivity contribution in [2.45, 2.75) is 19.4 Å². The van der Waals surface area contributed by atoms with E-state index in [1.54, 1.807) is 7.11 Å². The van der Waals surface area contributed by atoms with Gasteiger partial charge in [-0.15, -0.1) is 0 Å². The van der Waals surface area contributed by atoms with Crippen molar-refractivity contribution in [1.29, 1.82) is 0 Å². The second-order valence-electron chi connectivity index (χ2n) is 5.65. The molecule has 2 aromatic carbocycles. The first kappa shape index (κ1) is 16.1. The summed E-state index contributed by atoms with van der Waals surface area (Å²) in [6.07, 6.45) is 3.23. The lowest BCUT2D eigenvalue weighted by molar-refractivity contribution is -0.144. The number of hydrogen-bond acceptors (Lipinski definition) is 4. The highest BCUT2D eigenvalue weighted by Gasteiger charge is 2.13. The van der Waals surface area contributed by atoms with Gasteiger partial charge in [-0.1, -0.05) is 42.5 Å². The van der Waals surface area contributed by atoms with Gasteiger partial charge in [-0.25, -0.2) is 0 Å². The van der Waals surface area contributed by atoms with Crippen LogP contribution in [0.5, 0.6) is 11.5 Å². The molecular weight excluding hydrogens is 304 g/mol. The van der Waals surface area contributed by atoms with Crippen molar-refractivity contribution in [2.75, 3.05) is 13.7 Å². The van der Waals surface area contributed by atoms with Gasteiger partial charge in [-0.2, -0.15) is 0 Å². The molecule has 0 saturated carbocycles. The Balaban J connectivity index is 1.71. The molecule has 0 atom stereocenters. The summed E-state index contributed by atoms with van der Waals surface area (Å²) in [6, 6.07) is 15.8. The fourth-order valence-corrected chi connectivity index (χ4v) is 2.56. The molecule has 0 N–H and O–H groups in total. The normalized spacial score (nSPS) is 15.9. The molecule has 1 aliphatic rings. The van der Waals surface area contributed by atoms with Crippen LogP contribution in [0.15, 0.2) is 54.1 Å². The maximum Gasteiger partial charge on any atom is 0.306 e. The van der Waals surface area contributed by atoms with Crippen LogP contribution in [0.3, 0.4) is 0 Å². The van der Waals surface area contributed by atoms with E-state index in [1.165, 1.54) is 0 Å². The highest BCUT2D eigenvalue weighted by Crippen LogP contribution is 2.30. The Hall–Kier alpha value is -2.75. The summed E-state index contributed by atoms with van der Waals surface area (Å²) in [5.41, 5.74) is 3.22. The third kappa shape index (κ3) is 4.16. The van der Waals surface area contributed by atoms with Gasteiger partial charge in [0, 0.05) is 6.42 Å². The standard InChI is InChI=1S/C20H20O4/c1-22-19-12-16(11-17-8-10-20(21)24-14-17)7-9-18(19)23-13-15-5-3-2-4-6-15/h2-7,9,11-12H,8,10,13-14H2,1H3/b17-11+. The lowest BCUT2D eigenvalue weighted by Gasteiger charge is -2.15. The zero-order valence-corrected chi connectivity index (χ0v) is 13.7. The minimum Gasteiger partial charge on any atom is -0.493 e. The number of rotatable bonds is 5. The first-order valence-corrected chi connectivity index (χ1v) is 7.94. The first-order valence-electron chi connectivity index (χ1n) is 7.94. The molecule has 0 spiro atoms. The van der Waals surface area contributed by atoms with Crippen molar-refractivity contribution in [1.82, 2.24) is 0 Å². The van der Waals surface area contributed by atoms with E-state index in [1.807, 2.05) is 54.6 Å². The van der Waals surface area contributed by atoms with Gasteiger partial charge in [-0.3, -0.25) is 4.79 Å². The van der Waals surface area contributed by atoms with E-state index in [9.17, 15) is 4.79 Å². The van der Waals surface area contributed by atoms with Crippen LogP contribution < -0.4 is 9.47 Å². The van der Waals surface area contributed by atoms with Gasteiger partial charge in [0.05, 0.1) is 7.11 Å². The summed E-state index contributed by atoms with van der Waals surface area (Å²) in [6.45, 7) is 0.862. The number of esters is 1. The summed E-state index contributed by atoms with van der Waals surface area (Å²) in [5, 5.41) is 0. The molecule has 0 radical (unpaired) electrons. The number of hydrogen-bond donors (Lipinski definition) is 0. The largest absolute Gasteiger partial charge is 0.493 e. The molecule has 0 unspecified atom stereocenters. The molecule has 4 heteroatoms. The Labute approximate surface area is 141 Å². The predicted octanol–water partition coefficient (Wildman–Crippen LogP) is 3.99. The van der Waals surface area contributed by atoms with Gasteiger partial charge >= 0.3 is 5.97 Å². The van der Waals surface area contributed by atoms with Gasteiger partial charge in [0.15, 0.2) is 11.5 Å². The molecule has 24 heavy (non-hydrogen) atoms. The third-order valence-corrected chi connectivity index (χ3v) is 3.86. The quantitative estimate of drug-likeness (QED) is 0.780. The highest BCUT2D eigenvalue weighted by molar-refractivity contribution is 5.72. The number of carbonyl (C=O) groups is 1. The number of methoxy groups -OCH3 is 1. The molecule has 3 rings (SSSR count). The zero-order valence-electron chi connectivity index (χ0n) is 13.7. The molecular formula is C20H20O4. The van der Waals surface area contributed by atoms with Gasteiger partial charge in [0.2, 0.25) is 0 Å². The van der Waals surface area contributed by atoms with E-state index >= 15 is 0 Å². The van der Waals surface area contributed by atoms with Crippen LogP contribution in [-0.4, -0.2) is 19.7 Å². The monoisotopic (exact) mass is 324 g/mol. The van der Waals surface area contributed by atoms with Crippen molar-refractivity contribution in [3.8, 4) is 11.5 Å². The SMILES string of the molecule is COc1cc(/C=C2\CCC(=O)OC2)ccc1OCc1ccccc1. The van der Waals surface area contributed by atoms with E-state index in [0.29, 0.717) is 31.1 Å². The summed E-state index contributed by atoms with van der Waals surface area (Å²) in [4.78, 5) is 11.1. The van der Waals surface area contributed by atoms with E-state index in [-0.39, 0.29) is 5.97 Å². The number of cyclic esters (lactones) is 1. The molecule has 124 valence electrons. The molecule has 4 nitrogen and oxygen atoms in total. The Bertz CT molecular complexity index is 723. The van der Waals surface area contributed by atoms with E-state index < -0.39 is 0 Å². The topological polar surface area (TPSA) is 44.8 Å². The van der Waals surface area contributed by atoms with Crippen LogP contribution in [0.2, 0.25) is 0 Å². The Morgan fingerprint density at radius 3 is 2.62 bits per heavy atom. The maximum absolute atomic E-state index is 11.1. The molecule has 1 saturated heterocycles. The van der Waals surface area contributed by atoms with Crippen molar-refractivity contribution < 1.29 is 19.0 Å². The minimum absolute atomic E-state index is 0.130. The second-order valence-corrected chi connectivity index (χ2v) is 5.65. The number of ether oxygens (including phenoxy) is 3. The maximum atomic E-state index is 11.1. The van der Waals surface area contributed by atoms with Crippen LogP contribution in [0.1, 0.15) is 24.0 Å². The Kier molecular flexibility index (Phi) is 5.16. The lowest BCUT2D eigenvalue weighted by atomic mass is 10.0. The molecule has 1 fully saturated rings. The molecule has 0 amide bonds. The molecule has 0 aliphatic carbocycles. The van der Waals surface area contributed by atoms with Crippen molar-refractivity contribution >= 4 is 12.0 Å². The molecule has 1 aliphatic heterocycles. The molecule has 1 heterocycles. The van der Waals surface area contributed by atoms with Gasteiger partial charge in [-0.05, 0) is 35.3 Å². The van der Waals surface area contributed by atoms with Crippen molar-refractivity contribution in [3.05, 3.63) is 65.2 Å². The van der Waals surface area contributed by atoms with E-state index in [0.717, 1.165) is 23.1 Å². The van der Waals surface area contributed by atoms with E-state index in [4.69, 9.17) is 14.2 Å². The molecule has 0 bridgehead atoms. The number of benzene rings is 2. The summed E-state index contributed by atoms with van der Waals surface area (Å²) in [7, 11) is 1.63. The van der Waals surface area contributed by atoms with Crippen LogP contribution in [0.25, 0.3) is 6.08 Å². The van der Waals surface area contributed by atoms with Crippen LogP contribution in [-0.2, 0) is 16.1 Å². The summed E-state index contributed by atoms with van der Waals surface area (Å²) < 4.78 is 16.4. The minimum atomic E-state index is -0.130. The average Bonchev–Trinajstić information content (AvgIpc) is 2.63. The smallest absolute Gasteiger partial charge is 0.306 e. The van der Waals surface area contributed by atoms with Gasteiger partial charge in [0.1, 0.15) is 13.2 Å². The van der Waals surface area contributed by atoms with Crippen molar-refractivity contribution in [3.63, 3.8) is 0 Å². The predicted molar refractivity (Wildman–Crippen MR) is 91.9 cm³/mol. The highest BCUT2D eigenvalue weighted by atomic mass is 16.5. The van der Waals surface area contributed by atoms with Gasteiger partial charge in [0.25, 0.3) is 0 Å². The van der Waals surface area contributed by atoms with Crippen LogP contribution in [0.4, 0.5) is 0 Å². The second kappa shape index (κ2) is 7.68. The fraction of sp³-hybridized carbons (Fsp3) is 0.250. The zero-order chi connectivity index (χ0) is 16.8.